The van der Waals surface area contributed by atoms with Gasteiger partial charge in [-0.3, -0.25) is 4.90 Å². The molecule has 1 saturated heterocycles. The second kappa shape index (κ2) is 7.53. The standard InChI is InChI=1S/C19H24FN5OS/c1-13-10-24(11-14(2)26-13)9-8-23(3)19-22-25-12-17(21-18(25)27-19)15-4-6-16(20)7-5-15/h4-7,12-14H,8-11H2,1-3H3/t13-,14+. The summed E-state index contributed by atoms with van der Waals surface area (Å²) in [4.78, 5) is 10.1. The lowest BCUT2D eigenvalue weighted by Crippen LogP contribution is -2.47. The van der Waals surface area contributed by atoms with Crippen molar-refractivity contribution < 1.29 is 9.13 Å². The maximum absolute atomic E-state index is 13.1. The Balaban J connectivity index is 1.41. The molecule has 0 radical (unpaired) electrons. The number of nitrogens with zero attached hydrogens (tertiary/aromatic N) is 5. The van der Waals surface area contributed by atoms with Gasteiger partial charge in [0.15, 0.2) is 0 Å². The summed E-state index contributed by atoms with van der Waals surface area (Å²) in [5.74, 6) is -0.245. The van der Waals surface area contributed by atoms with Crippen LogP contribution in [-0.2, 0) is 4.74 Å². The Kier molecular flexibility index (Phi) is 5.12. The van der Waals surface area contributed by atoms with Crippen LogP contribution in [0.1, 0.15) is 13.8 Å². The van der Waals surface area contributed by atoms with E-state index < -0.39 is 0 Å². The monoisotopic (exact) mass is 389 g/mol. The summed E-state index contributed by atoms with van der Waals surface area (Å²) < 4.78 is 20.7. The van der Waals surface area contributed by atoms with Crippen molar-refractivity contribution in [2.24, 2.45) is 0 Å². The second-order valence-electron chi connectivity index (χ2n) is 7.18. The van der Waals surface area contributed by atoms with E-state index in [2.05, 4.69) is 40.8 Å². The summed E-state index contributed by atoms with van der Waals surface area (Å²) in [5.41, 5.74) is 1.69. The predicted molar refractivity (Wildman–Crippen MR) is 106 cm³/mol. The summed E-state index contributed by atoms with van der Waals surface area (Å²) in [6.45, 7) is 8.08. The molecule has 0 saturated carbocycles. The molecule has 8 heteroatoms. The molecule has 1 aromatic carbocycles. The third-order valence-electron chi connectivity index (χ3n) is 4.75. The zero-order valence-corrected chi connectivity index (χ0v) is 16.6. The number of ether oxygens (including phenoxy) is 1. The van der Waals surface area contributed by atoms with Crippen LogP contribution in [0.3, 0.4) is 0 Å². The highest BCUT2D eigenvalue weighted by Crippen LogP contribution is 2.26. The molecule has 2 atom stereocenters. The molecule has 0 N–H and O–H groups in total. The molecule has 0 unspecified atom stereocenters. The van der Waals surface area contributed by atoms with E-state index in [1.165, 1.54) is 12.1 Å². The van der Waals surface area contributed by atoms with Crippen LogP contribution in [0.2, 0.25) is 0 Å². The Labute approximate surface area is 162 Å². The van der Waals surface area contributed by atoms with Gasteiger partial charge < -0.3 is 9.64 Å². The van der Waals surface area contributed by atoms with E-state index in [0.29, 0.717) is 0 Å². The SMILES string of the molecule is C[C@@H]1CN(CCN(C)c2nn3cc(-c4ccc(F)cc4)nc3s2)C[C@H](C)O1. The number of anilines is 1. The van der Waals surface area contributed by atoms with E-state index in [-0.39, 0.29) is 18.0 Å². The Morgan fingerprint density at radius 1 is 1.22 bits per heavy atom. The van der Waals surface area contributed by atoms with E-state index in [1.807, 2.05) is 6.20 Å². The van der Waals surface area contributed by atoms with Crippen LogP contribution in [0.4, 0.5) is 9.52 Å². The molecule has 1 aliphatic heterocycles. The van der Waals surface area contributed by atoms with E-state index in [4.69, 9.17) is 4.74 Å². The van der Waals surface area contributed by atoms with E-state index in [1.54, 1.807) is 28.0 Å². The molecule has 6 nitrogen and oxygen atoms in total. The minimum absolute atomic E-state index is 0.245. The molecule has 0 amide bonds. The highest BCUT2D eigenvalue weighted by atomic mass is 32.1. The second-order valence-corrected chi connectivity index (χ2v) is 8.12. The zero-order chi connectivity index (χ0) is 19.0. The molecule has 1 fully saturated rings. The van der Waals surface area contributed by atoms with Crippen molar-refractivity contribution in [3.05, 3.63) is 36.3 Å². The number of aromatic nitrogens is 3. The van der Waals surface area contributed by atoms with Gasteiger partial charge in [-0.05, 0) is 38.1 Å². The molecule has 3 aromatic rings. The van der Waals surface area contributed by atoms with Gasteiger partial charge in [0.25, 0.3) is 0 Å². The fourth-order valence-corrected chi connectivity index (χ4v) is 4.33. The average Bonchev–Trinajstić information content (AvgIpc) is 3.18. The highest BCUT2D eigenvalue weighted by Gasteiger charge is 2.22. The van der Waals surface area contributed by atoms with Crippen molar-refractivity contribution in [3.63, 3.8) is 0 Å². The number of halogens is 1. The van der Waals surface area contributed by atoms with Gasteiger partial charge >= 0.3 is 0 Å². The average molecular weight is 390 g/mol. The third-order valence-corrected chi connectivity index (χ3v) is 5.78. The number of likely N-dealkylation sites (N-methyl/N-ethyl adjacent to an activating group) is 1. The molecular formula is C19H24FN5OS. The predicted octanol–water partition coefficient (Wildman–Crippen LogP) is 3.14. The molecule has 27 heavy (non-hydrogen) atoms. The van der Waals surface area contributed by atoms with Gasteiger partial charge in [0.2, 0.25) is 10.1 Å². The third kappa shape index (κ3) is 4.12. The van der Waals surface area contributed by atoms with Gasteiger partial charge in [-0.1, -0.05) is 11.3 Å². The molecule has 1 aliphatic rings. The first kappa shape index (κ1) is 18.3. The van der Waals surface area contributed by atoms with Crippen LogP contribution in [0.15, 0.2) is 30.5 Å². The number of benzene rings is 1. The van der Waals surface area contributed by atoms with Crippen LogP contribution in [0.25, 0.3) is 16.2 Å². The molecule has 144 valence electrons. The van der Waals surface area contributed by atoms with Crippen molar-refractivity contribution in [3.8, 4) is 11.3 Å². The Bertz CT molecular complexity index is 867. The number of morpholine rings is 1. The van der Waals surface area contributed by atoms with Gasteiger partial charge in [0.05, 0.1) is 24.1 Å². The zero-order valence-electron chi connectivity index (χ0n) is 15.8. The maximum Gasteiger partial charge on any atom is 0.214 e. The molecule has 2 aromatic heterocycles. The van der Waals surface area contributed by atoms with E-state index in [0.717, 1.165) is 47.5 Å². The number of imidazole rings is 1. The number of hydrogen-bond donors (Lipinski definition) is 0. The van der Waals surface area contributed by atoms with Crippen LogP contribution >= 0.6 is 11.3 Å². The maximum atomic E-state index is 13.1. The topological polar surface area (TPSA) is 45.9 Å². The quantitative estimate of drug-likeness (QED) is 0.671. The molecule has 0 bridgehead atoms. The fourth-order valence-electron chi connectivity index (χ4n) is 3.46. The molecule has 0 spiro atoms. The lowest BCUT2D eigenvalue weighted by atomic mass is 10.2. The highest BCUT2D eigenvalue weighted by molar-refractivity contribution is 7.20. The molecule has 3 heterocycles. The largest absolute Gasteiger partial charge is 0.373 e. The van der Waals surface area contributed by atoms with Crippen molar-refractivity contribution in [2.45, 2.75) is 26.1 Å². The summed E-state index contributed by atoms with van der Waals surface area (Å²) >= 11 is 1.56. The van der Waals surface area contributed by atoms with Crippen LogP contribution < -0.4 is 4.90 Å². The Morgan fingerprint density at radius 2 is 1.93 bits per heavy atom. The smallest absolute Gasteiger partial charge is 0.214 e. The van der Waals surface area contributed by atoms with Gasteiger partial charge in [-0.2, -0.15) is 0 Å². The van der Waals surface area contributed by atoms with Crippen LogP contribution in [0, 0.1) is 5.82 Å². The normalized spacial score (nSPS) is 21.0. The first-order valence-electron chi connectivity index (χ1n) is 9.19. The summed E-state index contributed by atoms with van der Waals surface area (Å²) in [6, 6.07) is 6.36. The van der Waals surface area contributed by atoms with Gasteiger partial charge in [-0.25, -0.2) is 13.9 Å². The van der Waals surface area contributed by atoms with Crippen molar-refractivity contribution in [1.29, 1.82) is 0 Å². The fraction of sp³-hybridized carbons (Fsp3) is 0.474. The van der Waals surface area contributed by atoms with Gasteiger partial charge in [0.1, 0.15) is 5.82 Å². The number of hydrogen-bond acceptors (Lipinski definition) is 6. The van der Waals surface area contributed by atoms with Crippen molar-refractivity contribution in [2.75, 3.05) is 38.1 Å². The number of rotatable bonds is 5. The summed E-state index contributed by atoms with van der Waals surface area (Å²) in [6.07, 6.45) is 2.46. The van der Waals surface area contributed by atoms with Gasteiger partial charge in [-0.15, -0.1) is 5.10 Å². The molecule has 0 aliphatic carbocycles. The summed E-state index contributed by atoms with van der Waals surface area (Å²) in [7, 11) is 2.06. The first-order valence-corrected chi connectivity index (χ1v) is 10.0. The van der Waals surface area contributed by atoms with Gasteiger partial charge in [0, 0.05) is 38.8 Å². The van der Waals surface area contributed by atoms with E-state index >= 15 is 0 Å². The molecular weight excluding hydrogens is 365 g/mol. The minimum Gasteiger partial charge on any atom is -0.373 e. The Morgan fingerprint density at radius 3 is 2.59 bits per heavy atom. The lowest BCUT2D eigenvalue weighted by molar-refractivity contribution is -0.0670. The lowest BCUT2D eigenvalue weighted by Gasteiger charge is -2.36. The first-order chi connectivity index (χ1) is 13.0. The van der Waals surface area contributed by atoms with Crippen molar-refractivity contribution >= 4 is 21.4 Å². The van der Waals surface area contributed by atoms with E-state index in [9.17, 15) is 4.39 Å². The Hall–Kier alpha value is -2.03. The molecule has 4 rings (SSSR count). The van der Waals surface area contributed by atoms with Crippen molar-refractivity contribution in [1.82, 2.24) is 19.5 Å². The van der Waals surface area contributed by atoms with Crippen LogP contribution in [0.5, 0.6) is 0 Å². The minimum atomic E-state index is -0.245. The number of fused-ring (bicyclic) bond motifs is 1. The summed E-state index contributed by atoms with van der Waals surface area (Å²) in [5, 5.41) is 5.59. The van der Waals surface area contributed by atoms with Crippen LogP contribution in [-0.4, -0.2) is 64.9 Å².